The van der Waals surface area contributed by atoms with Crippen molar-refractivity contribution >= 4 is 19.3 Å². The van der Waals surface area contributed by atoms with Gasteiger partial charge in [-0.2, -0.15) is 0 Å². The molecule has 0 aliphatic rings. The normalized spacial score (nSPS) is 14.0. The van der Waals surface area contributed by atoms with Crippen LogP contribution in [0.25, 0.3) is 10.8 Å². The highest BCUT2D eigenvalue weighted by molar-refractivity contribution is 7.45. The quantitative estimate of drug-likeness (QED) is 0.691. The molecule has 2 aromatic carbocycles. The van der Waals surface area contributed by atoms with Gasteiger partial charge in [0.05, 0.1) is 12.7 Å². The number of hydrogen-bond donors (Lipinski definition) is 1. The standard InChI is InChI=1S/C17H24NO3P/c1-4-15(19-3)13-20-22(18-5-2)21-17-12-8-10-14-9-6-7-11-16(14)17/h6-12,15,18H,4-5,13H2,1-3H3. The van der Waals surface area contributed by atoms with Gasteiger partial charge in [-0.3, -0.25) is 0 Å². The summed E-state index contributed by atoms with van der Waals surface area (Å²) in [6, 6.07) is 14.2. The molecule has 0 spiro atoms. The Morgan fingerprint density at radius 1 is 1.09 bits per heavy atom. The summed E-state index contributed by atoms with van der Waals surface area (Å²) >= 11 is 0. The third-order valence-electron chi connectivity index (χ3n) is 3.38. The molecule has 2 atom stereocenters. The van der Waals surface area contributed by atoms with Crippen LogP contribution in [0.15, 0.2) is 42.5 Å². The van der Waals surface area contributed by atoms with E-state index in [1.165, 1.54) is 0 Å². The third kappa shape index (κ3) is 4.65. The van der Waals surface area contributed by atoms with Gasteiger partial charge in [0.2, 0.25) is 0 Å². The molecule has 2 rings (SSSR count). The van der Waals surface area contributed by atoms with E-state index in [0.29, 0.717) is 6.61 Å². The fraction of sp³-hybridized carbons (Fsp3) is 0.412. The summed E-state index contributed by atoms with van der Waals surface area (Å²) in [4.78, 5) is 0. The number of nitrogens with one attached hydrogen (secondary N) is 1. The molecular weight excluding hydrogens is 297 g/mol. The summed E-state index contributed by atoms with van der Waals surface area (Å²) < 4.78 is 17.3. The highest BCUT2D eigenvalue weighted by Gasteiger charge is 2.16. The van der Waals surface area contributed by atoms with E-state index in [9.17, 15) is 0 Å². The lowest BCUT2D eigenvalue weighted by Gasteiger charge is -2.21. The van der Waals surface area contributed by atoms with Gasteiger partial charge in [-0.25, -0.2) is 5.09 Å². The second kappa shape index (κ2) is 9.06. The monoisotopic (exact) mass is 321 g/mol. The minimum Gasteiger partial charge on any atom is -0.435 e. The van der Waals surface area contributed by atoms with Crippen LogP contribution in [-0.4, -0.2) is 26.4 Å². The van der Waals surface area contributed by atoms with Crippen molar-refractivity contribution in [1.29, 1.82) is 0 Å². The van der Waals surface area contributed by atoms with E-state index in [0.717, 1.165) is 29.5 Å². The maximum atomic E-state index is 6.08. The molecule has 5 heteroatoms. The summed E-state index contributed by atoms with van der Waals surface area (Å²) in [6.07, 6.45) is 1.01. The van der Waals surface area contributed by atoms with Crippen molar-refractivity contribution in [2.45, 2.75) is 26.4 Å². The van der Waals surface area contributed by atoms with Crippen LogP contribution in [0, 0.1) is 0 Å². The van der Waals surface area contributed by atoms with Crippen LogP contribution >= 0.6 is 8.53 Å². The summed E-state index contributed by atoms with van der Waals surface area (Å²) in [7, 11) is 0.523. The lowest BCUT2D eigenvalue weighted by Crippen LogP contribution is -2.20. The SMILES string of the molecule is CCNP(OCC(CC)OC)Oc1cccc2ccccc12. The lowest BCUT2D eigenvalue weighted by atomic mass is 10.1. The fourth-order valence-corrected chi connectivity index (χ4v) is 3.21. The molecule has 0 aliphatic heterocycles. The van der Waals surface area contributed by atoms with Crippen molar-refractivity contribution in [2.75, 3.05) is 20.3 Å². The average molecular weight is 321 g/mol. The number of benzene rings is 2. The van der Waals surface area contributed by atoms with E-state index >= 15 is 0 Å². The molecule has 2 unspecified atom stereocenters. The first-order valence-electron chi connectivity index (χ1n) is 7.63. The van der Waals surface area contributed by atoms with E-state index in [2.05, 4.69) is 30.2 Å². The number of ether oxygens (including phenoxy) is 1. The zero-order chi connectivity index (χ0) is 15.8. The van der Waals surface area contributed by atoms with Crippen molar-refractivity contribution in [3.8, 4) is 5.75 Å². The van der Waals surface area contributed by atoms with E-state index < -0.39 is 8.53 Å². The van der Waals surface area contributed by atoms with Crippen molar-refractivity contribution in [3.05, 3.63) is 42.5 Å². The van der Waals surface area contributed by atoms with Gasteiger partial charge in [0.25, 0.3) is 0 Å². The molecule has 0 heterocycles. The van der Waals surface area contributed by atoms with E-state index in [-0.39, 0.29) is 6.10 Å². The molecule has 0 bridgehead atoms. The second-order valence-corrected chi connectivity index (χ2v) is 6.17. The molecule has 0 saturated heterocycles. The molecular formula is C17H24NO3P. The molecule has 1 N–H and O–H groups in total. The van der Waals surface area contributed by atoms with Crippen LogP contribution in [0.5, 0.6) is 5.75 Å². The van der Waals surface area contributed by atoms with Crippen molar-refractivity contribution < 1.29 is 13.8 Å². The van der Waals surface area contributed by atoms with Crippen LogP contribution in [0.1, 0.15) is 20.3 Å². The molecule has 0 aromatic heterocycles. The van der Waals surface area contributed by atoms with Gasteiger partial charge >= 0.3 is 8.53 Å². The maximum absolute atomic E-state index is 6.08. The Kier molecular flexibility index (Phi) is 7.07. The molecule has 120 valence electrons. The van der Waals surface area contributed by atoms with E-state index in [1.807, 2.05) is 31.2 Å². The van der Waals surface area contributed by atoms with Crippen LogP contribution in [-0.2, 0) is 9.26 Å². The number of hydrogen-bond acceptors (Lipinski definition) is 4. The first-order valence-corrected chi connectivity index (χ1v) is 8.81. The Hall–Kier alpha value is -1.19. The van der Waals surface area contributed by atoms with E-state index in [1.54, 1.807) is 7.11 Å². The minimum absolute atomic E-state index is 0.0970. The predicted octanol–water partition coefficient (Wildman–Crippen LogP) is 4.50. The van der Waals surface area contributed by atoms with Crippen molar-refractivity contribution in [1.82, 2.24) is 5.09 Å². The Bertz CT molecular complexity index is 569. The predicted molar refractivity (Wildman–Crippen MR) is 92.2 cm³/mol. The zero-order valence-electron chi connectivity index (χ0n) is 13.4. The molecule has 2 aromatic rings. The third-order valence-corrected chi connectivity index (χ3v) is 4.70. The Morgan fingerprint density at radius 3 is 2.59 bits per heavy atom. The van der Waals surface area contributed by atoms with Crippen LogP contribution in [0.3, 0.4) is 0 Å². The fourth-order valence-electron chi connectivity index (χ4n) is 2.10. The summed E-state index contributed by atoms with van der Waals surface area (Å²) in [5, 5.41) is 5.52. The van der Waals surface area contributed by atoms with Gasteiger partial charge in [0, 0.05) is 19.0 Å². The minimum atomic E-state index is -1.18. The largest absolute Gasteiger partial charge is 0.435 e. The van der Waals surface area contributed by atoms with Crippen molar-refractivity contribution in [2.24, 2.45) is 0 Å². The Balaban J connectivity index is 2.09. The number of rotatable bonds is 9. The van der Waals surface area contributed by atoms with E-state index in [4.69, 9.17) is 13.8 Å². The smallest absolute Gasteiger partial charge is 0.318 e. The molecule has 22 heavy (non-hydrogen) atoms. The van der Waals surface area contributed by atoms with Gasteiger partial charge in [-0.1, -0.05) is 50.2 Å². The molecule has 0 saturated carbocycles. The Labute approximate surface area is 133 Å². The first-order chi connectivity index (χ1) is 10.8. The summed E-state index contributed by atoms with van der Waals surface area (Å²) in [5.41, 5.74) is 0. The number of methoxy groups -OCH3 is 1. The molecule has 4 nitrogen and oxygen atoms in total. The van der Waals surface area contributed by atoms with Crippen LogP contribution < -0.4 is 9.61 Å². The highest BCUT2D eigenvalue weighted by atomic mass is 31.2. The maximum Gasteiger partial charge on any atom is 0.318 e. The highest BCUT2D eigenvalue weighted by Crippen LogP contribution is 2.38. The molecule has 0 radical (unpaired) electrons. The second-order valence-electron chi connectivity index (χ2n) is 4.90. The topological polar surface area (TPSA) is 39.7 Å². The van der Waals surface area contributed by atoms with Gasteiger partial charge in [-0.15, -0.1) is 0 Å². The average Bonchev–Trinajstić information content (AvgIpc) is 2.56. The van der Waals surface area contributed by atoms with Gasteiger partial charge in [-0.05, 0) is 17.9 Å². The molecule has 0 aliphatic carbocycles. The summed E-state index contributed by atoms with van der Waals surface area (Å²) in [5.74, 6) is 0.843. The molecule has 0 fully saturated rings. The van der Waals surface area contributed by atoms with Crippen LogP contribution in [0.2, 0.25) is 0 Å². The van der Waals surface area contributed by atoms with Crippen molar-refractivity contribution in [3.63, 3.8) is 0 Å². The number of fused-ring (bicyclic) bond motifs is 1. The van der Waals surface area contributed by atoms with Gasteiger partial charge < -0.3 is 13.8 Å². The lowest BCUT2D eigenvalue weighted by molar-refractivity contribution is 0.0559. The summed E-state index contributed by atoms with van der Waals surface area (Å²) in [6.45, 7) is 5.44. The van der Waals surface area contributed by atoms with Gasteiger partial charge in [0.15, 0.2) is 0 Å². The zero-order valence-corrected chi connectivity index (χ0v) is 14.3. The van der Waals surface area contributed by atoms with Crippen LogP contribution in [0.4, 0.5) is 0 Å². The molecule has 0 amide bonds. The first kappa shape index (κ1) is 17.2. The van der Waals surface area contributed by atoms with Gasteiger partial charge in [0.1, 0.15) is 5.75 Å². The Morgan fingerprint density at radius 2 is 1.86 bits per heavy atom.